The molecule has 0 atom stereocenters. The van der Waals surface area contributed by atoms with Gasteiger partial charge in [0.25, 0.3) is 0 Å². The van der Waals surface area contributed by atoms with Gasteiger partial charge in [0.05, 0.1) is 0 Å². The van der Waals surface area contributed by atoms with Crippen molar-refractivity contribution in [2.75, 3.05) is 20.7 Å². The Bertz CT molecular complexity index is 286. The summed E-state index contributed by atoms with van der Waals surface area (Å²) in [5.74, 6) is 1.27. The van der Waals surface area contributed by atoms with Crippen molar-refractivity contribution >= 4 is 0 Å². The molecule has 0 N–H and O–H groups in total. The Morgan fingerprint density at radius 1 is 1.54 bits per heavy atom. The standard InChI is InChI=1S/C9H9O4/c1-10-5-11-7-2-3-8-9(4-7)13-6-12-8/h3-4H,5-6H2,1H3. The summed E-state index contributed by atoms with van der Waals surface area (Å²) in [5.41, 5.74) is 2.90. The molecule has 1 heterocycles. The SMILES string of the molecule is COCOC1=C=C[C]2OCOC2=C1. The first-order valence-corrected chi connectivity index (χ1v) is 3.83. The Morgan fingerprint density at radius 2 is 2.46 bits per heavy atom. The zero-order valence-corrected chi connectivity index (χ0v) is 7.20. The Morgan fingerprint density at radius 3 is 3.31 bits per heavy atom. The van der Waals surface area contributed by atoms with Gasteiger partial charge in [-0.3, -0.25) is 0 Å². The molecule has 1 fully saturated rings. The monoisotopic (exact) mass is 181 g/mol. The Hall–Kier alpha value is -1.22. The predicted molar refractivity (Wildman–Crippen MR) is 42.9 cm³/mol. The number of methoxy groups -OCH3 is 1. The molecule has 0 aromatic rings. The number of hydrogen-bond donors (Lipinski definition) is 0. The lowest BCUT2D eigenvalue weighted by Crippen LogP contribution is -2.00. The highest BCUT2D eigenvalue weighted by molar-refractivity contribution is 5.35. The van der Waals surface area contributed by atoms with E-state index in [1.54, 1.807) is 19.3 Å². The van der Waals surface area contributed by atoms with Gasteiger partial charge in [-0.15, -0.1) is 0 Å². The van der Waals surface area contributed by atoms with Gasteiger partial charge in [0.1, 0.15) is 5.76 Å². The average Bonchev–Trinajstić information content (AvgIpc) is 2.61. The Kier molecular flexibility index (Phi) is 2.36. The number of rotatable bonds is 3. The molecule has 13 heavy (non-hydrogen) atoms. The molecule has 2 aliphatic rings. The fraction of sp³-hybridized carbons (Fsp3) is 0.333. The Labute approximate surface area is 76.0 Å². The van der Waals surface area contributed by atoms with Crippen molar-refractivity contribution in [2.24, 2.45) is 0 Å². The summed E-state index contributed by atoms with van der Waals surface area (Å²) in [5, 5.41) is 0. The minimum absolute atomic E-state index is 0.205. The molecule has 4 nitrogen and oxygen atoms in total. The highest BCUT2D eigenvalue weighted by Gasteiger charge is 2.25. The van der Waals surface area contributed by atoms with Gasteiger partial charge in [-0.2, -0.15) is 0 Å². The van der Waals surface area contributed by atoms with E-state index in [2.05, 4.69) is 5.73 Å². The maximum Gasteiger partial charge on any atom is 0.195 e. The zero-order chi connectivity index (χ0) is 9.10. The van der Waals surface area contributed by atoms with E-state index in [1.807, 2.05) is 0 Å². The van der Waals surface area contributed by atoms with Crippen molar-refractivity contribution < 1.29 is 18.9 Å². The maximum atomic E-state index is 5.17. The summed E-state index contributed by atoms with van der Waals surface area (Å²) in [7, 11) is 1.56. The number of hydrogen-bond acceptors (Lipinski definition) is 4. The second kappa shape index (κ2) is 3.66. The van der Waals surface area contributed by atoms with Gasteiger partial charge in [-0.05, 0) is 0 Å². The molecular formula is C9H9O4. The second-order valence-corrected chi connectivity index (χ2v) is 2.48. The van der Waals surface area contributed by atoms with Crippen LogP contribution in [0.3, 0.4) is 0 Å². The number of fused-ring (bicyclic) bond motifs is 1. The van der Waals surface area contributed by atoms with Crippen molar-refractivity contribution in [3.05, 3.63) is 35.5 Å². The molecule has 1 aliphatic carbocycles. The third-order valence-corrected chi connectivity index (χ3v) is 1.61. The summed E-state index contributed by atoms with van der Waals surface area (Å²) < 4.78 is 20.2. The van der Waals surface area contributed by atoms with Crippen molar-refractivity contribution in [2.45, 2.75) is 0 Å². The van der Waals surface area contributed by atoms with Crippen LogP contribution in [0.1, 0.15) is 0 Å². The third-order valence-electron chi connectivity index (χ3n) is 1.61. The lowest BCUT2D eigenvalue weighted by Gasteiger charge is -2.08. The van der Waals surface area contributed by atoms with Crippen molar-refractivity contribution in [3.63, 3.8) is 0 Å². The van der Waals surface area contributed by atoms with Crippen LogP contribution in [-0.4, -0.2) is 20.7 Å². The molecule has 1 saturated heterocycles. The van der Waals surface area contributed by atoms with Crippen LogP contribution in [0.4, 0.5) is 0 Å². The highest BCUT2D eigenvalue weighted by Crippen LogP contribution is 2.28. The van der Waals surface area contributed by atoms with E-state index < -0.39 is 0 Å². The fourth-order valence-corrected chi connectivity index (χ4v) is 1.03. The minimum atomic E-state index is 0.205. The summed E-state index contributed by atoms with van der Waals surface area (Å²) in [6, 6.07) is 0. The number of ether oxygens (including phenoxy) is 4. The summed E-state index contributed by atoms with van der Waals surface area (Å²) in [6.45, 7) is 0.465. The zero-order valence-electron chi connectivity index (χ0n) is 7.20. The van der Waals surface area contributed by atoms with Gasteiger partial charge < -0.3 is 18.9 Å². The quantitative estimate of drug-likeness (QED) is 0.482. The predicted octanol–water partition coefficient (Wildman–Crippen LogP) is 1.08. The molecule has 69 valence electrons. The van der Waals surface area contributed by atoms with E-state index in [9.17, 15) is 0 Å². The van der Waals surface area contributed by atoms with E-state index >= 15 is 0 Å². The van der Waals surface area contributed by atoms with Crippen LogP contribution in [0, 0.1) is 6.10 Å². The average molecular weight is 181 g/mol. The van der Waals surface area contributed by atoms with Crippen LogP contribution >= 0.6 is 0 Å². The molecule has 0 aromatic heterocycles. The van der Waals surface area contributed by atoms with Crippen LogP contribution in [0.15, 0.2) is 29.4 Å². The van der Waals surface area contributed by atoms with Crippen LogP contribution in [0.25, 0.3) is 0 Å². The molecule has 2 rings (SSSR count). The van der Waals surface area contributed by atoms with Crippen LogP contribution < -0.4 is 0 Å². The highest BCUT2D eigenvalue weighted by atomic mass is 16.7. The molecule has 0 unspecified atom stereocenters. The molecule has 0 saturated carbocycles. The molecule has 0 bridgehead atoms. The van der Waals surface area contributed by atoms with Gasteiger partial charge in [-0.25, -0.2) is 0 Å². The smallest absolute Gasteiger partial charge is 0.195 e. The molecule has 0 aromatic carbocycles. The first-order valence-electron chi connectivity index (χ1n) is 3.83. The van der Waals surface area contributed by atoms with Gasteiger partial charge in [-0.1, -0.05) is 5.73 Å². The van der Waals surface area contributed by atoms with Crippen LogP contribution in [-0.2, 0) is 18.9 Å². The maximum absolute atomic E-state index is 5.17. The second-order valence-electron chi connectivity index (χ2n) is 2.48. The lowest BCUT2D eigenvalue weighted by atomic mass is 10.2. The van der Waals surface area contributed by atoms with Crippen LogP contribution in [0.2, 0.25) is 0 Å². The van der Waals surface area contributed by atoms with Crippen molar-refractivity contribution in [3.8, 4) is 0 Å². The van der Waals surface area contributed by atoms with Gasteiger partial charge in [0.15, 0.2) is 25.4 Å². The molecular weight excluding hydrogens is 172 g/mol. The first kappa shape index (κ1) is 8.38. The fourth-order valence-electron chi connectivity index (χ4n) is 1.03. The summed E-state index contributed by atoms with van der Waals surface area (Å²) in [4.78, 5) is 0. The molecule has 1 radical (unpaired) electrons. The summed E-state index contributed by atoms with van der Waals surface area (Å²) >= 11 is 0. The lowest BCUT2D eigenvalue weighted by molar-refractivity contribution is 0.00979. The van der Waals surface area contributed by atoms with Gasteiger partial charge in [0, 0.05) is 19.3 Å². The third kappa shape index (κ3) is 1.75. The largest absolute Gasteiger partial charge is 0.468 e. The molecule has 0 spiro atoms. The van der Waals surface area contributed by atoms with E-state index in [0.29, 0.717) is 17.6 Å². The minimum Gasteiger partial charge on any atom is -0.468 e. The van der Waals surface area contributed by atoms with Crippen LogP contribution in [0.5, 0.6) is 0 Å². The molecule has 1 aliphatic heterocycles. The molecule has 0 amide bonds. The Balaban J connectivity index is 2.05. The van der Waals surface area contributed by atoms with Gasteiger partial charge in [0.2, 0.25) is 0 Å². The van der Waals surface area contributed by atoms with E-state index in [0.717, 1.165) is 0 Å². The first-order chi connectivity index (χ1) is 6.40. The summed E-state index contributed by atoms with van der Waals surface area (Å²) in [6.07, 6.45) is 4.11. The van der Waals surface area contributed by atoms with E-state index in [4.69, 9.17) is 18.9 Å². The molecule has 4 heteroatoms. The van der Waals surface area contributed by atoms with Crippen molar-refractivity contribution in [1.82, 2.24) is 0 Å². The van der Waals surface area contributed by atoms with Crippen molar-refractivity contribution in [1.29, 1.82) is 0 Å². The topological polar surface area (TPSA) is 36.9 Å². The van der Waals surface area contributed by atoms with E-state index in [1.165, 1.54) is 0 Å². The normalized spacial score (nSPS) is 20.4. The van der Waals surface area contributed by atoms with E-state index in [-0.39, 0.29) is 13.6 Å². The van der Waals surface area contributed by atoms with Gasteiger partial charge >= 0.3 is 0 Å².